The van der Waals surface area contributed by atoms with Gasteiger partial charge in [0.25, 0.3) is 0 Å². The van der Waals surface area contributed by atoms with Crippen molar-refractivity contribution in [2.75, 3.05) is 19.0 Å². The quantitative estimate of drug-likeness (QED) is 0.723. The summed E-state index contributed by atoms with van der Waals surface area (Å²) in [5.41, 5.74) is 0.893. The van der Waals surface area contributed by atoms with E-state index in [0.29, 0.717) is 6.61 Å². The first-order valence-corrected chi connectivity index (χ1v) is 5.45. The van der Waals surface area contributed by atoms with Crippen molar-refractivity contribution in [2.24, 2.45) is 5.92 Å². The van der Waals surface area contributed by atoms with E-state index < -0.39 is 0 Å². The summed E-state index contributed by atoms with van der Waals surface area (Å²) < 4.78 is 5.52. The first-order valence-electron chi connectivity index (χ1n) is 5.45. The highest BCUT2D eigenvalue weighted by atomic mass is 16.5. The highest BCUT2D eigenvalue weighted by molar-refractivity contribution is 5.29. The molecule has 0 aromatic carbocycles. The second kappa shape index (κ2) is 5.07. The van der Waals surface area contributed by atoms with E-state index in [1.807, 2.05) is 7.05 Å². The SMILES string of the molecule is CNc1cnc(COCCC2CC2)cn1. The molecule has 4 nitrogen and oxygen atoms in total. The molecular formula is C11H17N3O. The molecule has 1 aliphatic rings. The molecule has 1 N–H and O–H groups in total. The third kappa shape index (κ3) is 3.47. The highest BCUT2D eigenvalue weighted by Crippen LogP contribution is 2.32. The predicted octanol–water partition coefficient (Wildman–Crippen LogP) is 1.83. The van der Waals surface area contributed by atoms with Gasteiger partial charge in [0, 0.05) is 13.7 Å². The van der Waals surface area contributed by atoms with Crippen molar-refractivity contribution in [3.05, 3.63) is 18.1 Å². The lowest BCUT2D eigenvalue weighted by atomic mass is 10.3. The molecule has 1 aromatic heterocycles. The van der Waals surface area contributed by atoms with Crippen LogP contribution < -0.4 is 5.32 Å². The van der Waals surface area contributed by atoms with E-state index in [1.54, 1.807) is 12.4 Å². The summed E-state index contributed by atoms with van der Waals surface area (Å²) in [7, 11) is 1.83. The van der Waals surface area contributed by atoms with Crippen molar-refractivity contribution < 1.29 is 4.74 Å². The summed E-state index contributed by atoms with van der Waals surface area (Å²) in [4.78, 5) is 8.40. The van der Waals surface area contributed by atoms with Gasteiger partial charge in [-0.25, -0.2) is 4.98 Å². The van der Waals surface area contributed by atoms with Crippen molar-refractivity contribution >= 4 is 5.82 Å². The van der Waals surface area contributed by atoms with E-state index in [2.05, 4.69) is 15.3 Å². The molecule has 0 spiro atoms. The third-order valence-corrected chi connectivity index (χ3v) is 2.58. The number of hydrogen-bond donors (Lipinski definition) is 1. The minimum absolute atomic E-state index is 0.573. The number of hydrogen-bond acceptors (Lipinski definition) is 4. The second-order valence-corrected chi connectivity index (χ2v) is 3.93. The molecule has 1 aromatic rings. The van der Waals surface area contributed by atoms with Crippen molar-refractivity contribution in [2.45, 2.75) is 25.9 Å². The van der Waals surface area contributed by atoms with Gasteiger partial charge in [0.05, 0.1) is 24.7 Å². The Morgan fingerprint density at radius 2 is 2.27 bits per heavy atom. The van der Waals surface area contributed by atoms with Gasteiger partial charge in [0.1, 0.15) is 5.82 Å². The Kier molecular flexibility index (Phi) is 3.50. The molecule has 82 valence electrons. The molecule has 2 rings (SSSR count). The molecule has 1 fully saturated rings. The summed E-state index contributed by atoms with van der Waals surface area (Å²) in [5, 5.41) is 2.93. The summed E-state index contributed by atoms with van der Waals surface area (Å²) >= 11 is 0. The standard InChI is InChI=1S/C11H17N3O/c1-12-11-7-13-10(6-14-11)8-15-5-4-9-2-3-9/h6-7,9H,2-5,8H2,1H3,(H,12,14). The van der Waals surface area contributed by atoms with Crippen LogP contribution in [0.15, 0.2) is 12.4 Å². The monoisotopic (exact) mass is 207 g/mol. The van der Waals surface area contributed by atoms with Crippen molar-refractivity contribution in [1.29, 1.82) is 0 Å². The van der Waals surface area contributed by atoms with E-state index in [0.717, 1.165) is 24.0 Å². The van der Waals surface area contributed by atoms with E-state index in [-0.39, 0.29) is 0 Å². The van der Waals surface area contributed by atoms with Crippen LogP contribution in [-0.4, -0.2) is 23.6 Å². The van der Waals surface area contributed by atoms with Gasteiger partial charge in [-0.1, -0.05) is 12.8 Å². The lowest BCUT2D eigenvalue weighted by molar-refractivity contribution is 0.112. The molecule has 0 bridgehead atoms. The predicted molar refractivity (Wildman–Crippen MR) is 58.6 cm³/mol. The summed E-state index contributed by atoms with van der Waals surface area (Å²) in [6, 6.07) is 0. The maximum absolute atomic E-state index is 5.52. The van der Waals surface area contributed by atoms with Gasteiger partial charge in [-0.2, -0.15) is 0 Å². The Labute approximate surface area is 90.1 Å². The van der Waals surface area contributed by atoms with Crippen LogP contribution in [0, 0.1) is 5.92 Å². The van der Waals surface area contributed by atoms with E-state index in [4.69, 9.17) is 4.74 Å². The van der Waals surface area contributed by atoms with Crippen LogP contribution in [0.4, 0.5) is 5.82 Å². The average molecular weight is 207 g/mol. The van der Waals surface area contributed by atoms with Gasteiger partial charge in [-0.05, 0) is 12.3 Å². The number of rotatable bonds is 6. The minimum Gasteiger partial charge on any atom is -0.375 e. The Balaban J connectivity index is 1.67. The zero-order valence-electron chi connectivity index (χ0n) is 9.07. The number of nitrogens with zero attached hydrogens (tertiary/aromatic N) is 2. The second-order valence-electron chi connectivity index (χ2n) is 3.93. The fourth-order valence-corrected chi connectivity index (χ4v) is 1.39. The lowest BCUT2D eigenvalue weighted by Crippen LogP contribution is -2.00. The number of anilines is 1. The maximum atomic E-state index is 5.52. The van der Waals surface area contributed by atoms with Crippen LogP contribution >= 0.6 is 0 Å². The van der Waals surface area contributed by atoms with Crippen molar-refractivity contribution in [3.63, 3.8) is 0 Å². The zero-order valence-corrected chi connectivity index (χ0v) is 9.07. The molecular weight excluding hydrogens is 190 g/mol. The van der Waals surface area contributed by atoms with Gasteiger partial charge in [-0.3, -0.25) is 4.98 Å². The van der Waals surface area contributed by atoms with Gasteiger partial charge in [0.15, 0.2) is 0 Å². The Morgan fingerprint density at radius 3 is 2.87 bits per heavy atom. The molecule has 0 unspecified atom stereocenters. The average Bonchev–Trinajstić information content (AvgIpc) is 3.09. The minimum atomic E-state index is 0.573. The Hall–Kier alpha value is -1.16. The summed E-state index contributed by atoms with van der Waals surface area (Å²) in [6.07, 6.45) is 7.45. The molecule has 0 aliphatic heterocycles. The van der Waals surface area contributed by atoms with Gasteiger partial charge < -0.3 is 10.1 Å². The first-order chi connectivity index (χ1) is 7.38. The molecule has 15 heavy (non-hydrogen) atoms. The molecule has 0 amide bonds. The van der Waals surface area contributed by atoms with Crippen LogP contribution in [0.25, 0.3) is 0 Å². The summed E-state index contributed by atoms with van der Waals surface area (Å²) in [5.74, 6) is 1.72. The lowest BCUT2D eigenvalue weighted by Gasteiger charge is -2.03. The van der Waals surface area contributed by atoms with Crippen LogP contribution in [-0.2, 0) is 11.3 Å². The molecule has 0 saturated heterocycles. The fourth-order valence-electron chi connectivity index (χ4n) is 1.39. The number of aromatic nitrogens is 2. The van der Waals surface area contributed by atoms with Crippen molar-refractivity contribution in [3.8, 4) is 0 Å². The van der Waals surface area contributed by atoms with Gasteiger partial charge in [0.2, 0.25) is 0 Å². The Morgan fingerprint density at radius 1 is 1.40 bits per heavy atom. The summed E-state index contributed by atoms with van der Waals surface area (Å²) in [6.45, 7) is 1.42. The van der Waals surface area contributed by atoms with Crippen LogP contribution in [0.5, 0.6) is 0 Å². The van der Waals surface area contributed by atoms with Crippen LogP contribution in [0.1, 0.15) is 25.0 Å². The van der Waals surface area contributed by atoms with Crippen LogP contribution in [0.2, 0.25) is 0 Å². The fraction of sp³-hybridized carbons (Fsp3) is 0.636. The smallest absolute Gasteiger partial charge is 0.144 e. The highest BCUT2D eigenvalue weighted by Gasteiger charge is 2.20. The van der Waals surface area contributed by atoms with E-state index >= 15 is 0 Å². The third-order valence-electron chi connectivity index (χ3n) is 2.58. The topological polar surface area (TPSA) is 47.0 Å². The number of nitrogens with one attached hydrogen (secondary N) is 1. The normalized spacial score (nSPS) is 15.3. The first kappa shape index (κ1) is 10.4. The van der Waals surface area contributed by atoms with E-state index in [1.165, 1.54) is 19.3 Å². The molecule has 1 saturated carbocycles. The van der Waals surface area contributed by atoms with E-state index in [9.17, 15) is 0 Å². The molecule has 1 aliphatic carbocycles. The number of ether oxygens (including phenoxy) is 1. The van der Waals surface area contributed by atoms with Crippen molar-refractivity contribution in [1.82, 2.24) is 9.97 Å². The molecule has 4 heteroatoms. The van der Waals surface area contributed by atoms with Gasteiger partial charge >= 0.3 is 0 Å². The molecule has 0 atom stereocenters. The molecule has 0 radical (unpaired) electrons. The maximum Gasteiger partial charge on any atom is 0.144 e. The molecule has 1 heterocycles. The van der Waals surface area contributed by atoms with Gasteiger partial charge in [-0.15, -0.1) is 0 Å². The zero-order chi connectivity index (χ0) is 10.5. The Bertz CT molecular complexity index is 295. The van der Waals surface area contributed by atoms with Crippen LogP contribution in [0.3, 0.4) is 0 Å². The largest absolute Gasteiger partial charge is 0.375 e.